The fraction of sp³-hybridized carbons (Fsp3) is 0.200. The van der Waals surface area contributed by atoms with Gasteiger partial charge >= 0.3 is 0 Å². The van der Waals surface area contributed by atoms with E-state index in [4.69, 9.17) is 11.6 Å². The van der Waals surface area contributed by atoms with Crippen LogP contribution < -0.4 is 4.90 Å². The summed E-state index contributed by atoms with van der Waals surface area (Å²) in [7, 11) is 0. The van der Waals surface area contributed by atoms with E-state index in [1.165, 1.54) is 4.90 Å². The van der Waals surface area contributed by atoms with Crippen molar-refractivity contribution in [3.8, 4) is 0 Å². The molecule has 0 unspecified atom stereocenters. The number of Topliss-reactive ketones (excluding diaryl/α,β-unsaturated/α-hetero) is 1. The fourth-order valence-electron chi connectivity index (χ4n) is 4.07. The van der Waals surface area contributed by atoms with Crippen molar-refractivity contribution in [3.05, 3.63) is 99.6 Å². The summed E-state index contributed by atoms with van der Waals surface area (Å²) in [6, 6.07) is 20.0. The third-order valence-electron chi connectivity index (χ3n) is 5.58. The van der Waals surface area contributed by atoms with E-state index in [-0.39, 0.29) is 12.2 Å². The Morgan fingerprint density at radius 3 is 2.47 bits per heavy atom. The van der Waals surface area contributed by atoms with Gasteiger partial charge in [-0.3, -0.25) is 9.59 Å². The zero-order valence-corrected chi connectivity index (χ0v) is 17.6. The van der Waals surface area contributed by atoms with E-state index in [0.29, 0.717) is 28.4 Å². The zero-order chi connectivity index (χ0) is 21.5. The molecule has 1 aliphatic rings. The number of amides is 1. The molecule has 1 heterocycles. The Morgan fingerprint density at radius 2 is 1.77 bits per heavy atom. The molecular weight excluding hydrogens is 398 g/mol. The highest BCUT2D eigenvalue weighted by Crippen LogP contribution is 2.44. The summed E-state index contributed by atoms with van der Waals surface area (Å²) in [4.78, 5) is 28.0. The van der Waals surface area contributed by atoms with Crippen LogP contribution in [0.1, 0.15) is 39.0 Å². The fourth-order valence-corrected chi connectivity index (χ4v) is 4.24. The first-order valence-corrected chi connectivity index (χ1v) is 10.2. The SMILES string of the molecule is Cc1ccc(C(=O)C[C@]2(O)C(=O)N(Cc3ccccc3)c3ccc(Cl)cc32)c(C)c1. The van der Waals surface area contributed by atoms with E-state index >= 15 is 0 Å². The van der Waals surface area contributed by atoms with Crippen LogP contribution in [0.5, 0.6) is 0 Å². The maximum Gasteiger partial charge on any atom is 0.264 e. The van der Waals surface area contributed by atoms with E-state index < -0.39 is 11.5 Å². The van der Waals surface area contributed by atoms with E-state index in [0.717, 1.165) is 16.7 Å². The van der Waals surface area contributed by atoms with Gasteiger partial charge in [-0.05, 0) is 43.2 Å². The molecule has 152 valence electrons. The summed E-state index contributed by atoms with van der Waals surface area (Å²) in [5.74, 6) is -0.794. The molecule has 30 heavy (non-hydrogen) atoms. The lowest BCUT2D eigenvalue weighted by atomic mass is 9.87. The van der Waals surface area contributed by atoms with Crippen LogP contribution in [-0.4, -0.2) is 16.8 Å². The molecule has 0 saturated carbocycles. The molecule has 1 atom stereocenters. The minimum Gasteiger partial charge on any atom is -0.375 e. The maximum atomic E-state index is 13.4. The van der Waals surface area contributed by atoms with Crippen molar-refractivity contribution in [1.82, 2.24) is 0 Å². The Balaban J connectivity index is 1.72. The predicted octanol–water partition coefficient (Wildman–Crippen LogP) is 4.96. The van der Waals surface area contributed by atoms with Crippen LogP contribution in [-0.2, 0) is 16.9 Å². The molecule has 0 bridgehead atoms. The Kier molecular flexibility index (Phi) is 5.22. The average Bonchev–Trinajstić information content (AvgIpc) is 2.90. The number of anilines is 1. The molecule has 0 spiro atoms. The van der Waals surface area contributed by atoms with E-state index in [2.05, 4.69) is 0 Å². The van der Waals surface area contributed by atoms with Crippen molar-refractivity contribution in [1.29, 1.82) is 0 Å². The number of rotatable bonds is 5. The number of hydrogen-bond acceptors (Lipinski definition) is 3. The Labute approximate surface area is 180 Å². The van der Waals surface area contributed by atoms with Crippen molar-refractivity contribution in [2.24, 2.45) is 0 Å². The van der Waals surface area contributed by atoms with Gasteiger partial charge < -0.3 is 10.0 Å². The zero-order valence-electron chi connectivity index (χ0n) is 16.9. The third-order valence-corrected chi connectivity index (χ3v) is 5.81. The number of halogens is 1. The summed E-state index contributed by atoms with van der Waals surface area (Å²) >= 11 is 6.18. The second kappa shape index (κ2) is 7.71. The number of fused-ring (bicyclic) bond motifs is 1. The standard InChI is InChI=1S/C25H22ClNO3/c1-16-8-10-20(17(2)12-16)23(28)14-25(30)21-13-19(26)9-11-22(21)27(24(25)29)15-18-6-4-3-5-7-18/h3-13,30H,14-15H2,1-2H3/t25-/m1/s1. The van der Waals surface area contributed by atoms with Gasteiger partial charge in [0.15, 0.2) is 11.4 Å². The highest BCUT2D eigenvalue weighted by atomic mass is 35.5. The number of carbonyl (C=O) groups excluding carboxylic acids is 2. The highest BCUT2D eigenvalue weighted by molar-refractivity contribution is 6.31. The summed E-state index contributed by atoms with van der Waals surface area (Å²) in [6.45, 7) is 4.11. The molecule has 0 aromatic heterocycles. The smallest absolute Gasteiger partial charge is 0.264 e. The lowest BCUT2D eigenvalue weighted by Crippen LogP contribution is -2.41. The largest absolute Gasteiger partial charge is 0.375 e. The number of aliphatic hydroxyl groups is 1. The normalized spacial score (nSPS) is 17.9. The Hall–Kier alpha value is -2.95. The van der Waals surface area contributed by atoms with Gasteiger partial charge in [-0.1, -0.05) is 65.7 Å². The van der Waals surface area contributed by atoms with Crippen LogP contribution in [0.25, 0.3) is 0 Å². The van der Waals surface area contributed by atoms with E-state index in [9.17, 15) is 14.7 Å². The molecule has 0 fully saturated rings. The van der Waals surface area contributed by atoms with Gasteiger partial charge in [-0.15, -0.1) is 0 Å². The van der Waals surface area contributed by atoms with Crippen molar-refractivity contribution >= 4 is 29.0 Å². The van der Waals surface area contributed by atoms with Crippen molar-refractivity contribution in [2.45, 2.75) is 32.4 Å². The Morgan fingerprint density at radius 1 is 1.03 bits per heavy atom. The molecule has 1 N–H and O–H groups in total. The topological polar surface area (TPSA) is 57.6 Å². The average molecular weight is 420 g/mol. The monoisotopic (exact) mass is 419 g/mol. The molecule has 3 aromatic rings. The number of ketones is 1. The van der Waals surface area contributed by atoms with Gasteiger partial charge in [-0.25, -0.2) is 0 Å². The van der Waals surface area contributed by atoms with Crippen molar-refractivity contribution in [3.63, 3.8) is 0 Å². The van der Waals surface area contributed by atoms with Gasteiger partial charge in [-0.2, -0.15) is 0 Å². The van der Waals surface area contributed by atoms with Crippen LogP contribution >= 0.6 is 11.6 Å². The summed E-state index contributed by atoms with van der Waals surface area (Å²) < 4.78 is 0. The van der Waals surface area contributed by atoms with Gasteiger partial charge in [0.25, 0.3) is 5.91 Å². The van der Waals surface area contributed by atoms with Crippen LogP contribution in [0.15, 0.2) is 66.7 Å². The van der Waals surface area contributed by atoms with Crippen LogP contribution in [0.3, 0.4) is 0 Å². The molecule has 5 heteroatoms. The summed E-state index contributed by atoms with van der Waals surface area (Å²) in [5.41, 5.74) is 2.29. The minimum absolute atomic E-state index is 0.282. The van der Waals surface area contributed by atoms with Crippen LogP contribution in [0, 0.1) is 13.8 Å². The van der Waals surface area contributed by atoms with Gasteiger partial charge in [0.1, 0.15) is 0 Å². The molecule has 1 amide bonds. The number of benzene rings is 3. The molecule has 4 nitrogen and oxygen atoms in total. The van der Waals surface area contributed by atoms with Crippen molar-refractivity contribution < 1.29 is 14.7 Å². The van der Waals surface area contributed by atoms with Gasteiger partial charge in [0.2, 0.25) is 0 Å². The quantitative estimate of drug-likeness (QED) is 0.594. The van der Waals surface area contributed by atoms with Crippen LogP contribution in [0.2, 0.25) is 5.02 Å². The van der Waals surface area contributed by atoms with E-state index in [1.807, 2.05) is 56.3 Å². The molecule has 3 aromatic carbocycles. The third kappa shape index (κ3) is 3.53. The maximum absolute atomic E-state index is 13.4. The molecule has 0 radical (unpaired) electrons. The van der Waals surface area contributed by atoms with Gasteiger partial charge in [0, 0.05) is 16.1 Å². The second-order valence-corrected chi connectivity index (χ2v) is 8.25. The molecule has 0 aliphatic carbocycles. The van der Waals surface area contributed by atoms with Crippen LogP contribution in [0.4, 0.5) is 5.69 Å². The minimum atomic E-state index is -1.95. The first-order valence-electron chi connectivity index (χ1n) is 9.78. The second-order valence-electron chi connectivity index (χ2n) is 7.82. The summed E-state index contributed by atoms with van der Waals surface area (Å²) in [5, 5.41) is 11.9. The molecule has 1 aliphatic heterocycles. The van der Waals surface area contributed by atoms with Gasteiger partial charge in [0.05, 0.1) is 18.7 Å². The number of carbonyl (C=O) groups is 2. The van der Waals surface area contributed by atoms with E-state index in [1.54, 1.807) is 24.3 Å². The highest BCUT2D eigenvalue weighted by Gasteiger charge is 2.51. The molecule has 0 saturated heterocycles. The van der Waals surface area contributed by atoms with Crippen molar-refractivity contribution in [2.75, 3.05) is 4.90 Å². The number of nitrogens with zero attached hydrogens (tertiary/aromatic N) is 1. The first-order chi connectivity index (χ1) is 14.3. The lowest BCUT2D eigenvalue weighted by Gasteiger charge is -2.23. The Bertz CT molecular complexity index is 1140. The number of aryl methyl sites for hydroxylation is 2. The number of hydrogen-bond donors (Lipinski definition) is 1. The predicted molar refractivity (Wildman–Crippen MR) is 118 cm³/mol. The molecular formula is C25H22ClNO3. The summed E-state index contributed by atoms with van der Waals surface area (Å²) in [6.07, 6.45) is -0.339. The first kappa shape index (κ1) is 20.3. The lowest BCUT2D eigenvalue weighted by molar-refractivity contribution is -0.136. The molecule has 4 rings (SSSR count).